The predicted octanol–water partition coefficient (Wildman–Crippen LogP) is 4.12. The Morgan fingerprint density at radius 1 is 0.933 bits per heavy atom. The first-order valence-corrected chi connectivity index (χ1v) is 5.52. The van der Waals surface area contributed by atoms with Crippen LogP contribution in [0.5, 0.6) is 0 Å². The van der Waals surface area contributed by atoms with Crippen molar-refractivity contribution in [3.05, 3.63) is 64.8 Å². The average molecular weight is 194 g/mol. The SMILES string of the molecule is CC1=C2C=C(c3ccccc3)C=C2CC1. The summed E-state index contributed by atoms with van der Waals surface area (Å²) in [6.07, 6.45) is 7.17. The fourth-order valence-electron chi connectivity index (χ4n) is 2.41. The van der Waals surface area contributed by atoms with E-state index >= 15 is 0 Å². The number of hydrogen-bond donors (Lipinski definition) is 0. The molecular weight excluding hydrogens is 180 g/mol. The molecule has 2 aliphatic rings. The van der Waals surface area contributed by atoms with E-state index in [0.717, 1.165) is 0 Å². The van der Waals surface area contributed by atoms with E-state index in [1.165, 1.54) is 35.1 Å². The van der Waals surface area contributed by atoms with Crippen LogP contribution in [-0.4, -0.2) is 0 Å². The van der Waals surface area contributed by atoms with Crippen molar-refractivity contribution in [2.75, 3.05) is 0 Å². The Bertz CT molecular complexity index is 484. The van der Waals surface area contributed by atoms with Crippen LogP contribution in [0, 0.1) is 0 Å². The summed E-state index contributed by atoms with van der Waals surface area (Å²) >= 11 is 0. The van der Waals surface area contributed by atoms with Crippen molar-refractivity contribution >= 4 is 5.57 Å². The molecule has 0 atom stereocenters. The minimum Gasteiger partial charge on any atom is -0.0654 e. The molecule has 3 rings (SSSR count). The first kappa shape index (κ1) is 8.72. The molecule has 0 saturated carbocycles. The number of fused-ring (bicyclic) bond motifs is 1. The quantitative estimate of drug-likeness (QED) is 0.630. The van der Waals surface area contributed by atoms with Crippen LogP contribution in [0.25, 0.3) is 5.57 Å². The van der Waals surface area contributed by atoms with Crippen LogP contribution >= 0.6 is 0 Å². The van der Waals surface area contributed by atoms with Crippen LogP contribution in [0.2, 0.25) is 0 Å². The fourth-order valence-corrected chi connectivity index (χ4v) is 2.41. The molecule has 0 fully saturated rings. The summed E-state index contributed by atoms with van der Waals surface area (Å²) in [5.41, 5.74) is 7.28. The lowest BCUT2D eigenvalue weighted by Gasteiger charge is -1.98. The highest BCUT2D eigenvalue weighted by atomic mass is 14.2. The predicted molar refractivity (Wildman–Crippen MR) is 64.4 cm³/mol. The zero-order valence-corrected chi connectivity index (χ0v) is 8.96. The van der Waals surface area contributed by atoms with Crippen molar-refractivity contribution < 1.29 is 0 Å². The maximum Gasteiger partial charge on any atom is -0.0175 e. The largest absolute Gasteiger partial charge is 0.0654 e. The molecule has 74 valence electrons. The zero-order chi connectivity index (χ0) is 10.3. The number of hydrogen-bond acceptors (Lipinski definition) is 0. The minimum absolute atomic E-state index is 1.23. The number of benzene rings is 1. The number of allylic oxidation sites excluding steroid dienone is 6. The summed E-state index contributed by atoms with van der Waals surface area (Å²) in [6, 6.07) is 10.6. The summed E-state index contributed by atoms with van der Waals surface area (Å²) in [6.45, 7) is 2.25. The maximum absolute atomic E-state index is 2.35. The fraction of sp³-hybridized carbons (Fsp3) is 0.200. The van der Waals surface area contributed by atoms with Gasteiger partial charge in [0.1, 0.15) is 0 Å². The van der Waals surface area contributed by atoms with Crippen molar-refractivity contribution in [3.8, 4) is 0 Å². The van der Waals surface area contributed by atoms with E-state index in [1.54, 1.807) is 5.57 Å². The van der Waals surface area contributed by atoms with E-state index in [4.69, 9.17) is 0 Å². The van der Waals surface area contributed by atoms with Crippen LogP contribution in [0.4, 0.5) is 0 Å². The highest BCUT2D eigenvalue weighted by molar-refractivity contribution is 5.84. The van der Waals surface area contributed by atoms with E-state index in [9.17, 15) is 0 Å². The second-order valence-electron chi connectivity index (χ2n) is 4.33. The maximum atomic E-state index is 2.35. The molecule has 0 unspecified atom stereocenters. The van der Waals surface area contributed by atoms with E-state index in [0.29, 0.717) is 0 Å². The highest BCUT2D eigenvalue weighted by Crippen LogP contribution is 2.40. The Labute approximate surface area is 90.6 Å². The normalized spacial score (nSPS) is 19.0. The molecule has 0 aromatic heterocycles. The smallest absolute Gasteiger partial charge is 0.0175 e. The van der Waals surface area contributed by atoms with Crippen LogP contribution < -0.4 is 0 Å². The molecule has 0 spiro atoms. The molecular formula is C15H14. The van der Waals surface area contributed by atoms with Crippen LogP contribution in [0.3, 0.4) is 0 Å². The van der Waals surface area contributed by atoms with Crippen molar-refractivity contribution in [2.45, 2.75) is 19.8 Å². The summed E-state index contributed by atoms with van der Waals surface area (Å²) < 4.78 is 0. The molecule has 0 heteroatoms. The lowest BCUT2D eigenvalue weighted by molar-refractivity contribution is 1.01. The third-order valence-corrected chi connectivity index (χ3v) is 3.31. The van der Waals surface area contributed by atoms with Gasteiger partial charge in [0.25, 0.3) is 0 Å². The molecule has 0 heterocycles. The van der Waals surface area contributed by atoms with Crippen LogP contribution in [0.15, 0.2) is 59.2 Å². The summed E-state index contributed by atoms with van der Waals surface area (Å²) in [4.78, 5) is 0. The van der Waals surface area contributed by atoms with Gasteiger partial charge in [0.2, 0.25) is 0 Å². The highest BCUT2D eigenvalue weighted by Gasteiger charge is 2.20. The monoisotopic (exact) mass is 194 g/mol. The van der Waals surface area contributed by atoms with Gasteiger partial charge in [-0.05, 0) is 48.1 Å². The second-order valence-corrected chi connectivity index (χ2v) is 4.33. The Kier molecular flexibility index (Phi) is 1.88. The van der Waals surface area contributed by atoms with Crippen molar-refractivity contribution in [2.24, 2.45) is 0 Å². The minimum atomic E-state index is 1.23. The molecule has 0 amide bonds. The molecule has 1 aromatic carbocycles. The first-order chi connectivity index (χ1) is 7.34. The van der Waals surface area contributed by atoms with Gasteiger partial charge in [0, 0.05) is 0 Å². The van der Waals surface area contributed by atoms with Gasteiger partial charge in [0.05, 0.1) is 0 Å². The Hall–Kier alpha value is -1.56. The zero-order valence-electron chi connectivity index (χ0n) is 8.96. The van der Waals surface area contributed by atoms with Gasteiger partial charge in [0.15, 0.2) is 0 Å². The third-order valence-electron chi connectivity index (χ3n) is 3.31. The standard InChI is InChI=1S/C15H14/c1-11-7-8-13-9-14(10-15(11)13)12-5-3-2-4-6-12/h2-6,9-10H,7-8H2,1H3. The van der Waals surface area contributed by atoms with Gasteiger partial charge in [-0.15, -0.1) is 0 Å². The summed E-state index contributed by atoms with van der Waals surface area (Å²) in [5, 5.41) is 0. The lowest BCUT2D eigenvalue weighted by atomic mass is 10.1. The van der Waals surface area contributed by atoms with Crippen LogP contribution in [0.1, 0.15) is 25.3 Å². The summed E-state index contributed by atoms with van der Waals surface area (Å²) in [5.74, 6) is 0. The van der Waals surface area contributed by atoms with Crippen molar-refractivity contribution in [1.82, 2.24) is 0 Å². The van der Waals surface area contributed by atoms with Crippen molar-refractivity contribution in [3.63, 3.8) is 0 Å². The molecule has 0 radical (unpaired) electrons. The molecule has 0 aliphatic heterocycles. The topological polar surface area (TPSA) is 0 Å². The van der Waals surface area contributed by atoms with Crippen LogP contribution in [-0.2, 0) is 0 Å². The van der Waals surface area contributed by atoms with E-state index in [1.807, 2.05) is 0 Å². The van der Waals surface area contributed by atoms with E-state index < -0.39 is 0 Å². The Balaban J connectivity index is 2.06. The van der Waals surface area contributed by atoms with Crippen molar-refractivity contribution in [1.29, 1.82) is 0 Å². The van der Waals surface area contributed by atoms with E-state index in [2.05, 4.69) is 49.4 Å². The molecule has 0 N–H and O–H groups in total. The van der Waals surface area contributed by atoms with E-state index in [-0.39, 0.29) is 0 Å². The third kappa shape index (κ3) is 1.37. The first-order valence-electron chi connectivity index (χ1n) is 5.52. The van der Waals surface area contributed by atoms with Gasteiger partial charge < -0.3 is 0 Å². The average Bonchev–Trinajstić information content (AvgIpc) is 2.83. The number of rotatable bonds is 1. The molecule has 0 saturated heterocycles. The van der Waals surface area contributed by atoms with Gasteiger partial charge >= 0.3 is 0 Å². The van der Waals surface area contributed by atoms with Gasteiger partial charge in [-0.3, -0.25) is 0 Å². The lowest BCUT2D eigenvalue weighted by Crippen LogP contribution is -1.77. The summed E-state index contributed by atoms with van der Waals surface area (Å²) in [7, 11) is 0. The molecule has 1 aromatic rings. The molecule has 0 nitrogen and oxygen atoms in total. The molecule has 2 aliphatic carbocycles. The van der Waals surface area contributed by atoms with Gasteiger partial charge in [-0.2, -0.15) is 0 Å². The second kappa shape index (κ2) is 3.23. The Morgan fingerprint density at radius 3 is 2.47 bits per heavy atom. The van der Waals surface area contributed by atoms with Gasteiger partial charge in [-0.25, -0.2) is 0 Å². The molecule has 0 bridgehead atoms. The Morgan fingerprint density at radius 2 is 1.73 bits per heavy atom. The molecule has 15 heavy (non-hydrogen) atoms. The van der Waals surface area contributed by atoms with Gasteiger partial charge in [-0.1, -0.05) is 42.0 Å².